The molecule has 0 saturated carbocycles. The highest BCUT2D eigenvalue weighted by atomic mass is 35.5. The number of nitrogens with zero attached hydrogens (tertiary/aromatic N) is 4. The molecule has 124 valence electrons. The van der Waals surface area contributed by atoms with Crippen LogP contribution in [0.4, 0.5) is 11.4 Å². The number of anilines is 2. The minimum Gasteiger partial charge on any atom is -0.373 e. The van der Waals surface area contributed by atoms with Crippen LogP contribution in [0, 0.1) is 6.92 Å². The van der Waals surface area contributed by atoms with Gasteiger partial charge in [0.25, 0.3) is 10.0 Å². The molecule has 0 radical (unpaired) electrons. The molecule has 0 amide bonds. The largest absolute Gasteiger partial charge is 0.373 e. The van der Waals surface area contributed by atoms with Crippen molar-refractivity contribution in [3.8, 4) is 0 Å². The fraction of sp³-hybridized carbons (Fsp3) is 0.400. The van der Waals surface area contributed by atoms with Crippen LogP contribution >= 0.6 is 11.6 Å². The van der Waals surface area contributed by atoms with Crippen LogP contribution in [0.1, 0.15) is 12.2 Å². The third kappa shape index (κ3) is 2.68. The van der Waals surface area contributed by atoms with E-state index in [0.717, 1.165) is 18.7 Å². The van der Waals surface area contributed by atoms with Gasteiger partial charge in [0.2, 0.25) is 0 Å². The number of rotatable bonds is 2. The van der Waals surface area contributed by atoms with E-state index in [9.17, 15) is 8.42 Å². The van der Waals surface area contributed by atoms with Gasteiger partial charge in [-0.2, -0.15) is 8.42 Å². The van der Waals surface area contributed by atoms with Crippen molar-refractivity contribution in [3.05, 3.63) is 35.2 Å². The first-order valence-electron chi connectivity index (χ1n) is 7.34. The Kier molecular flexibility index (Phi) is 4.01. The second-order valence-electron chi connectivity index (χ2n) is 5.69. The molecule has 0 bridgehead atoms. The molecule has 0 atom stereocenters. The van der Waals surface area contributed by atoms with Crippen molar-refractivity contribution in [2.45, 2.75) is 18.4 Å². The molecular formula is C15H19ClN4O2S. The summed E-state index contributed by atoms with van der Waals surface area (Å²) in [7, 11) is -0.0385. The Balaban J connectivity index is 2.18. The predicted octanol–water partition coefficient (Wildman–Crippen LogP) is 2.42. The van der Waals surface area contributed by atoms with E-state index in [1.807, 2.05) is 13.1 Å². The van der Waals surface area contributed by atoms with Gasteiger partial charge in [0, 0.05) is 32.2 Å². The third-order valence-electron chi connectivity index (χ3n) is 4.20. The van der Waals surface area contributed by atoms with E-state index in [4.69, 9.17) is 11.6 Å². The molecule has 0 fully saturated rings. The van der Waals surface area contributed by atoms with Gasteiger partial charge in [-0.15, -0.1) is 0 Å². The molecule has 0 unspecified atom stereocenters. The Hall–Kier alpha value is -1.73. The highest BCUT2D eigenvalue weighted by Gasteiger charge is 2.32. The Labute approximate surface area is 141 Å². The van der Waals surface area contributed by atoms with Gasteiger partial charge in [-0.3, -0.25) is 4.31 Å². The van der Waals surface area contributed by atoms with Crippen LogP contribution in [0.3, 0.4) is 0 Å². The molecule has 2 heterocycles. The average molecular weight is 355 g/mol. The van der Waals surface area contributed by atoms with Crippen LogP contribution in [0.15, 0.2) is 29.4 Å². The number of fused-ring (bicyclic) bond motifs is 1. The molecule has 6 nitrogen and oxygen atoms in total. The van der Waals surface area contributed by atoms with E-state index in [2.05, 4.69) is 9.88 Å². The fourth-order valence-corrected chi connectivity index (χ4v) is 4.63. The maximum Gasteiger partial charge on any atom is 0.281 e. The fourth-order valence-electron chi connectivity index (χ4n) is 2.80. The van der Waals surface area contributed by atoms with Gasteiger partial charge in [-0.1, -0.05) is 11.6 Å². The first-order valence-corrected chi connectivity index (χ1v) is 9.16. The van der Waals surface area contributed by atoms with Gasteiger partial charge in [0.15, 0.2) is 5.03 Å². The molecule has 0 aliphatic carbocycles. The lowest BCUT2D eigenvalue weighted by Crippen LogP contribution is -2.33. The minimum atomic E-state index is -3.70. The van der Waals surface area contributed by atoms with Crippen LogP contribution in [-0.2, 0) is 17.1 Å². The van der Waals surface area contributed by atoms with Gasteiger partial charge in [-0.05, 0) is 31.5 Å². The second-order valence-corrected chi connectivity index (χ2v) is 7.93. The number of aromatic nitrogens is 2. The molecular weight excluding hydrogens is 336 g/mol. The summed E-state index contributed by atoms with van der Waals surface area (Å²) in [5.74, 6) is 0.654. The van der Waals surface area contributed by atoms with Crippen molar-refractivity contribution >= 4 is 33.0 Å². The van der Waals surface area contributed by atoms with E-state index < -0.39 is 10.0 Å². The van der Waals surface area contributed by atoms with E-state index in [0.29, 0.717) is 23.1 Å². The standard InChI is InChI=1S/C15H19ClN4O2S/c1-11-17-10-15(19(11)3)23(21,22)20-8-4-7-18(2)13-6-5-12(16)9-14(13)20/h5-6,9-10H,4,7-8H2,1-3H3. The zero-order valence-corrected chi connectivity index (χ0v) is 14.9. The highest BCUT2D eigenvalue weighted by molar-refractivity contribution is 7.92. The lowest BCUT2D eigenvalue weighted by atomic mass is 10.2. The van der Waals surface area contributed by atoms with Gasteiger partial charge < -0.3 is 9.47 Å². The molecule has 1 aliphatic heterocycles. The summed E-state index contributed by atoms with van der Waals surface area (Å²) in [6.45, 7) is 2.97. The normalized spacial score (nSPS) is 15.5. The molecule has 0 N–H and O–H groups in total. The quantitative estimate of drug-likeness (QED) is 0.831. The first kappa shape index (κ1) is 16.1. The van der Waals surface area contributed by atoms with Crippen molar-refractivity contribution < 1.29 is 8.42 Å². The Morgan fingerprint density at radius 3 is 2.57 bits per heavy atom. The molecule has 23 heavy (non-hydrogen) atoms. The van der Waals surface area contributed by atoms with Crippen molar-refractivity contribution in [2.75, 3.05) is 29.3 Å². The molecule has 1 aromatic heterocycles. The molecule has 1 aromatic carbocycles. The number of aryl methyl sites for hydroxylation is 1. The number of sulfonamides is 1. The Bertz CT molecular complexity index is 847. The number of hydrogen-bond acceptors (Lipinski definition) is 4. The van der Waals surface area contributed by atoms with Crippen LogP contribution in [-0.4, -0.2) is 38.1 Å². The molecule has 1 aliphatic rings. The van der Waals surface area contributed by atoms with E-state index in [1.165, 1.54) is 10.5 Å². The summed E-state index contributed by atoms with van der Waals surface area (Å²) in [6, 6.07) is 5.35. The summed E-state index contributed by atoms with van der Waals surface area (Å²) in [5, 5.41) is 0.700. The molecule has 0 saturated heterocycles. The summed E-state index contributed by atoms with van der Waals surface area (Å²) in [6.07, 6.45) is 2.14. The lowest BCUT2D eigenvalue weighted by molar-refractivity contribution is 0.578. The van der Waals surface area contributed by atoms with E-state index in [-0.39, 0.29) is 5.03 Å². The zero-order valence-electron chi connectivity index (χ0n) is 13.3. The number of imidazole rings is 1. The van der Waals surface area contributed by atoms with Gasteiger partial charge in [0.05, 0.1) is 17.6 Å². The Morgan fingerprint density at radius 2 is 1.91 bits per heavy atom. The topological polar surface area (TPSA) is 58.4 Å². The summed E-state index contributed by atoms with van der Waals surface area (Å²) < 4.78 is 29.3. The summed E-state index contributed by atoms with van der Waals surface area (Å²) in [5.41, 5.74) is 1.46. The van der Waals surface area contributed by atoms with E-state index in [1.54, 1.807) is 30.7 Å². The van der Waals surface area contributed by atoms with Crippen LogP contribution < -0.4 is 9.21 Å². The highest BCUT2D eigenvalue weighted by Crippen LogP contribution is 2.37. The van der Waals surface area contributed by atoms with Crippen LogP contribution in [0.5, 0.6) is 0 Å². The maximum atomic E-state index is 13.2. The smallest absolute Gasteiger partial charge is 0.281 e. The first-order chi connectivity index (χ1) is 10.8. The molecule has 3 rings (SSSR count). The van der Waals surface area contributed by atoms with Crippen LogP contribution in [0.25, 0.3) is 0 Å². The second kappa shape index (κ2) is 5.72. The zero-order chi connectivity index (χ0) is 16.8. The average Bonchev–Trinajstić information content (AvgIpc) is 2.74. The number of halogens is 1. The number of hydrogen-bond donors (Lipinski definition) is 0. The SMILES string of the molecule is Cc1ncc(S(=O)(=O)N2CCCN(C)c3ccc(Cl)cc32)n1C. The van der Waals surface area contributed by atoms with Crippen molar-refractivity contribution in [2.24, 2.45) is 7.05 Å². The van der Waals surface area contributed by atoms with E-state index >= 15 is 0 Å². The maximum absolute atomic E-state index is 13.2. The summed E-state index contributed by atoms with van der Waals surface area (Å²) in [4.78, 5) is 6.16. The molecule has 8 heteroatoms. The van der Waals surface area contributed by atoms with Gasteiger partial charge >= 0.3 is 0 Å². The lowest BCUT2D eigenvalue weighted by Gasteiger charge is -2.25. The van der Waals surface area contributed by atoms with Crippen LogP contribution in [0.2, 0.25) is 5.02 Å². The number of benzene rings is 1. The predicted molar refractivity (Wildman–Crippen MR) is 91.8 cm³/mol. The monoisotopic (exact) mass is 354 g/mol. The third-order valence-corrected chi connectivity index (χ3v) is 6.31. The van der Waals surface area contributed by atoms with Crippen molar-refractivity contribution in [3.63, 3.8) is 0 Å². The molecule has 0 spiro atoms. The Morgan fingerprint density at radius 1 is 1.17 bits per heavy atom. The minimum absolute atomic E-state index is 0.186. The van der Waals surface area contributed by atoms with Crippen molar-refractivity contribution in [1.82, 2.24) is 9.55 Å². The summed E-state index contributed by atoms with van der Waals surface area (Å²) >= 11 is 6.12. The van der Waals surface area contributed by atoms with Gasteiger partial charge in [0.1, 0.15) is 5.82 Å². The molecule has 2 aromatic rings. The van der Waals surface area contributed by atoms with Gasteiger partial charge in [-0.25, -0.2) is 4.98 Å². The van der Waals surface area contributed by atoms with Crippen molar-refractivity contribution in [1.29, 1.82) is 0 Å².